The summed E-state index contributed by atoms with van der Waals surface area (Å²) in [6.45, 7) is 9.52. The molecule has 1 fully saturated rings. The fourth-order valence-corrected chi connectivity index (χ4v) is 2.74. The molecule has 100 valence electrons. The van der Waals surface area contributed by atoms with Gasteiger partial charge in [0, 0.05) is 19.6 Å². The maximum atomic E-state index is 11.8. The molecule has 0 aromatic heterocycles. The Morgan fingerprint density at radius 3 is 2.29 bits per heavy atom. The quantitative estimate of drug-likeness (QED) is 0.773. The van der Waals surface area contributed by atoms with Crippen LogP contribution in [0.4, 0.5) is 0 Å². The van der Waals surface area contributed by atoms with Crippen molar-refractivity contribution in [1.29, 1.82) is 0 Å². The SMILES string of the molecule is CCN(CC)C(=O)CNCC1(C)CCCCC1. The van der Waals surface area contributed by atoms with Crippen LogP contribution in [-0.4, -0.2) is 37.0 Å². The van der Waals surface area contributed by atoms with Crippen molar-refractivity contribution in [2.24, 2.45) is 5.41 Å². The van der Waals surface area contributed by atoms with Crippen molar-refractivity contribution in [2.75, 3.05) is 26.2 Å². The van der Waals surface area contributed by atoms with Gasteiger partial charge in [-0.1, -0.05) is 26.2 Å². The highest BCUT2D eigenvalue weighted by Gasteiger charge is 2.26. The van der Waals surface area contributed by atoms with E-state index in [1.165, 1.54) is 32.1 Å². The van der Waals surface area contributed by atoms with E-state index < -0.39 is 0 Å². The third-order valence-corrected chi connectivity index (χ3v) is 4.00. The van der Waals surface area contributed by atoms with Gasteiger partial charge in [-0.25, -0.2) is 0 Å². The lowest BCUT2D eigenvalue weighted by Gasteiger charge is -2.34. The highest BCUT2D eigenvalue weighted by atomic mass is 16.2. The summed E-state index contributed by atoms with van der Waals surface area (Å²) in [4.78, 5) is 13.7. The average molecular weight is 240 g/mol. The molecular weight excluding hydrogens is 212 g/mol. The van der Waals surface area contributed by atoms with E-state index in [9.17, 15) is 4.79 Å². The molecule has 1 rings (SSSR count). The maximum Gasteiger partial charge on any atom is 0.236 e. The number of likely N-dealkylation sites (N-methyl/N-ethyl adjacent to an activating group) is 1. The lowest BCUT2D eigenvalue weighted by atomic mass is 9.76. The van der Waals surface area contributed by atoms with Crippen molar-refractivity contribution in [2.45, 2.75) is 52.9 Å². The average Bonchev–Trinajstić information content (AvgIpc) is 2.31. The van der Waals surface area contributed by atoms with Crippen LogP contribution in [0.1, 0.15) is 52.9 Å². The van der Waals surface area contributed by atoms with Crippen LogP contribution in [0.5, 0.6) is 0 Å². The van der Waals surface area contributed by atoms with Crippen LogP contribution in [0.2, 0.25) is 0 Å². The van der Waals surface area contributed by atoms with Crippen molar-refractivity contribution in [1.82, 2.24) is 10.2 Å². The first-order valence-corrected chi connectivity index (χ1v) is 7.10. The molecule has 0 radical (unpaired) electrons. The zero-order valence-corrected chi connectivity index (χ0v) is 11.7. The van der Waals surface area contributed by atoms with Crippen LogP contribution >= 0.6 is 0 Å². The summed E-state index contributed by atoms with van der Waals surface area (Å²) in [6.07, 6.45) is 6.69. The summed E-state index contributed by atoms with van der Waals surface area (Å²) in [5, 5.41) is 3.35. The smallest absolute Gasteiger partial charge is 0.236 e. The van der Waals surface area contributed by atoms with Crippen LogP contribution in [0, 0.1) is 5.41 Å². The standard InChI is InChI=1S/C14H28N2O/c1-4-16(5-2)13(17)11-15-12-14(3)9-7-6-8-10-14/h15H,4-12H2,1-3H3. The van der Waals surface area contributed by atoms with Gasteiger partial charge in [0.15, 0.2) is 0 Å². The molecule has 0 aliphatic heterocycles. The third-order valence-electron chi connectivity index (χ3n) is 4.00. The predicted octanol–water partition coefficient (Wildman–Crippen LogP) is 2.41. The van der Waals surface area contributed by atoms with Crippen LogP contribution < -0.4 is 5.32 Å². The molecule has 0 bridgehead atoms. The molecule has 0 spiro atoms. The van der Waals surface area contributed by atoms with Gasteiger partial charge in [0.25, 0.3) is 0 Å². The number of hydrogen-bond donors (Lipinski definition) is 1. The third kappa shape index (κ3) is 4.66. The fraction of sp³-hybridized carbons (Fsp3) is 0.929. The molecule has 0 saturated heterocycles. The van der Waals surface area contributed by atoms with E-state index in [0.717, 1.165) is 19.6 Å². The Kier molecular flexibility index (Phi) is 5.96. The van der Waals surface area contributed by atoms with Crippen molar-refractivity contribution in [3.63, 3.8) is 0 Å². The minimum absolute atomic E-state index is 0.231. The molecule has 0 atom stereocenters. The topological polar surface area (TPSA) is 32.3 Å². The summed E-state index contributed by atoms with van der Waals surface area (Å²) in [6, 6.07) is 0. The van der Waals surface area contributed by atoms with Gasteiger partial charge in [0.05, 0.1) is 6.54 Å². The fourth-order valence-electron chi connectivity index (χ4n) is 2.74. The van der Waals surface area contributed by atoms with Crippen molar-refractivity contribution >= 4 is 5.91 Å². The molecule has 0 heterocycles. The van der Waals surface area contributed by atoms with Gasteiger partial charge in [-0.05, 0) is 32.1 Å². The highest BCUT2D eigenvalue weighted by molar-refractivity contribution is 5.78. The van der Waals surface area contributed by atoms with Gasteiger partial charge in [-0.15, -0.1) is 0 Å². The predicted molar refractivity (Wildman–Crippen MR) is 72.0 cm³/mol. The van der Waals surface area contributed by atoms with E-state index in [0.29, 0.717) is 12.0 Å². The summed E-state index contributed by atoms with van der Waals surface area (Å²) >= 11 is 0. The first-order valence-electron chi connectivity index (χ1n) is 7.10. The Morgan fingerprint density at radius 2 is 1.76 bits per heavy atom. The van der Waals surface area contributed by atoms with Gasteiger partial charge in [-0.3, -0.25) is 4.79 Å². The van der Waals surface area contributed by atoms with Crippen LogP contribution in [-0.2, 0) is 4.79 Å². The van der Waals surface area contributed by atoms with Crippen molar-refractivity contribution in [3.05, 3.63) is 0 Å². The van der Waals surface area contributed by atoms with Crippen LogP contribution in [0.15, 0.2) is 0 Å². The van der Waals surface area contributed by atoms with E-state index in [1.807, 2.05) is 18.7 Å². The number of carbonyl (C=O) groups is 1. The van der Waals surface area contributed by atoms with Crippen LogP contribution in [0.25, 0.3) is 0 Å². The number of hydrogen-bond acceptors (Lipinski definition) is 2. The van der Waals surface area contributed by atoms with E-state index in [-0.39, 0.29) is 5.91 Å². The first kappa shape index (κ1) is 14.5. The first-order chi connectivity index (χ1) is 8.11. The Morgan fingerprint density at radius 1 is 1.18 bits per heavy atom. The number of carbonyl (C=O) groups excluding carboxylic acids is 1. The zero-order valence-electron chi connectivity index (χ0n) is 11.7. The number of amides is 1. The molecule has 1 aliphatic rings. The Balaban J connectivity index is 2.24. The van der Waals surface area contributed by atoms with Gasteiger partial charge >= 0.3 is 0 Å². The monoisotopic (exact) mass is 240 g/mol. The van der Waals surface area contributed by atoms with Gasteiger partial charge in [-0.2, -0.15) is 0 Å². The number of nitrogens with one attached hydrogen (secondary N) is 1. The lowest BCUT2D eigenvalue weighted by molar-refractivity contribution is -0.129. The Bertz CT molecular complexity index is 230. The minimum Gasteiger partial charge on any atom is -0.342 e. The molecule has 0 unspecified atom stereocenters. The number of rotatable bonds is 6. The van der Waals surface area contributed by atoms with Crippen molar-refractivity contribution in [3.8, 4) is 0 Å². The molecule has 1 N–H and O–H groups in total. The second-order valence-corrected chi connectivity index (χ2v) is 5.54. The molecule has 1 saturated carbocycles. The van der Waals surface area contributed by atoms with E-state index in [4.69, 9.17) is 0 Å². The van der Waals surface area contributed by atoms with E-state index in [1.54, 1.807) is 0 Å². The highest BCUT2D eigenvalue weighted by Crippen LogP contribution is 2.34. The summed E-state index contributed by atoms with van der Waals surface area (Å²) in [7, 11) is 0. The molecular formula is C14H28N2O. The Hall–Kier alpha value is -0.570. The van der Waals surface area contributed by atoms with Gasteiger partial charge in [0.2, 0.25) is 5.91 Å². The summed E-state index contributed by atoms with van der Waals surface area (Å²) in [5.74, 6) is 0.231. The minimum atomic E-state index is 0.231. The second kappa shape index (κ2) is 7.00. The molecule has 1 aliphatic carbocycles. The normalized spacial score (nSPS) is 19.0. The largest absolute Gasteiger partial charge is 0.342 e. The molecule has 1 amide bonds. The molecule has 3 nitrogen and oxygen atoms in total. The maximum absolute atomic E-state index is 11.8. The Labute approximate surface area is 106 Å². The van der Waals surface area contributed by atoms with E-state index >= 15 is 0 Å². The summed E-state index contributed by atoms with van der Waals surface area (Å²) in [5.41, 5.74) is 0.418. The molecule has 17 heavy (non-hydrogen) atoms. The lowest BCUT2D eigenvalue weighted by Crippen LogP contribution is -2.41. The van der Waals surface area contributed by atoms with E-state index in [2.05, 4.69) is 12.2 Å². The van der Waals surface area contributed by atoms with Gasteiger partial charge < -0.3 is 10.2 Å². The van der Waals surface area contributed by atoms with Crippen LogP contribution in [0.3, 0.4) is 0 Å². The zero-order chi connectivity index (χ0) is 12.7. The molecule has 0 aromatic rings. The molecule has 3 heteroatoms. The van der Waals surface area contributed by atoms with Gasteiger partial charge in [0.1, 0.15) is 0 Å². The number of nitrogens with zero attached hydrogens (tertiary/aromatic N) is 1. The molecule has 0 aromatic carbocycles. The summed E-state index contributed by atoms with van der Waals surface area (Å²) < 4.78 is 0. The second-order valence-electron chi connectivity index (χ2n) is 5.54. The van der Waals surface area contributed by atoms with Crippen molar-refractivity contribution < 1.29 is 4.79 Å².